The normalized spacial score (nSPS) is 18.5. The predicted molar refractivity (Wildman–Crippen MR) is 121 cm³/mol. The van der Waals surface area contributed by atoms with E-state index >= 15 is 0 Å². The number of ether oxygens (including phenoxy) is 1. The maximum absolute atomic E-state index is 13.3. The molecule has 9 heteroatoms. The summed E-state index contributed by atoms with van der Waals surface area (Å²) in [6, 6.07) is 5.42. The number of amides is 3. The van der Waals surface area contributed by atoms with Gasteiger partial charge in [0.2, 0.25) is 17.7 Å². The van der Waals surface area contributed by atoms with Crippen molar-refractivity contribution >= 4 is 29.5 Å². The Morgan fingerprint density at radius 2 is 2.00 bits per heavy atom. The van der Waals surface area contributed by atoms with Crippen LogP contribution in [0.5, 0.6) is 0 Å². The molecule has 1 aliphatic rings. The molecule has 0 aromatic heterocycles. The second-order valence-electron chi connectivity index (χ2n) is 7.52. The SMILES string of the molecule is C#CCOC(C)[C@H](NC(=O)[C@H](C)N)C(=O)N1CSC[C@H]1C(=O)NCc1ccc(C)cc1. The van der Waals surface area contributed by atoms with Gasteiger partial charge in [0.15, 0.2) is 0 Å². The molecule has 0 aliphatic carbocycles. The molecular weight excluding hydrogens is 416 g/mol. The van der Waals surface area contributed by atoms with Gasteiger partial charge in [-0.3, -0.25) is 14.4 Å². The zero-order valence-electron chi connectivity index (χ0n) is 18.1. The number of carbonyl (C=O) groups excluding carboxylic acids is 3. The molecule has 0 bridgehead atoms. The number of aryl methyl sites for hydroxylation is 1. The number of nitrogens with one attached hydrogen (secondary N) is 2. The Morgan fingerprint density at radius 3 is 2.61 bits per heavy atom. The van der Waals surface area contributed by atoms with Crippen molar-refractivity contribution in [3.63, 3.8) is 0 Å². The summed E-state index contributed by atoms with van der Waals surface area (Å²) < 4.78 is 5.48. The Morgan fingerprint density at radius 1 is 1.32 bits per heavy atom. The van der Waals surface area contributed by atoms with Gasteiger partial charge in [-0.15, -0.1) is 18.2 Å². The van der Waals surface area contributed by atoms with E-state index in [9.17, 15) is 14.4 Å². The molecule has 0 spiro atoms. The van der Waals surface area contributed by atoms with Gasteiger partial charge < -0.3 is 26.0 Å². The molecule has 4 atom stereocenters. The van der Waals surface area contributed by atoms with Crippen molar-refractivity contribution in [1.29, 1.82) is 0 Å². The first kappa shape index (κ1) is 24.7. The van der Waals surface area contributed by atoms with Crippen LogP contribution in [-0.2, 0) is 25.7 Å². The molecule has 1 heterocycles. The van der Waals surface area contributed by atoms with Crippen molar-refractivity contribution in [1.82, 2.24) is 15.5 Å². The molecule has 31 heavy (non-hydrogen) atoms. The molecule has 1 aliphatic heterocycles. The highest BCUT2D eigenvalue weighted by atomic mass is 32.2. The molecule has 4 N–H and O–H groups in total. The third kappa shape index (κ3) is 6.99. The smallest absolute Gasteiger partial charge is 0.249 e. The van der Waals surface area contributed by atoms with E-state index in [-0.39, 0.29) is 12.5 Å². The Labute approximate surface area is 187 Å². The lowest BCUT2D eigenvalue weighted by Crippen LogP contribution is -2.59. The van der Waals surface area contributed by atoms with Crippen LogP contribution in [0.4, 0.5) is 0 Å². The summed E-state index contributed by atoms with van der Waals surface area (Å²) in [6.45, 7) is 5.54. The van der Waals surface area contributed by atoms with Crippen molar-refractivity contribution in [2.75, 3.05) is 18.2 Å². The van der Waals surface area contributed by atoms with E-state index < -0.39 is 36.0 Å². The average Bonchev–Trinajstić information content (AvgIpc) is 3.24. The molecule has 1 aromatic carbocycles. The van der Waals surface area contributed by atoms with Crippen LogP contribution in [0.15, 0.2) is 24.3 Å². The Hall–Kier alpha value is -2.54. The molecule has 0 saturated carbocycles. The molecular formula is C22H30N4O4S. The van der Waals surface area contributed by atoms with E-state index in [4.69, 9.17) is 16.9 Å². The first-order valence-electron chi connectivity index (χ1n) is 10.1. The minimum absolute atomic E-state index is 0.00574. The van der Waals surface area contributed by atoms with Gasteiger partial charge >= 0.3 is 0 Å². The van der Waals surface area contributed by atoms with E-state index in [1.54, 1.807) is 6.92 Å². The van der Waals surface area contributed by atoms with E-state index in [0.717, 1.165) is 11.1 Å². The van der Waals surface area contributed by atoms with Crippen molar-refractivity contribution in [2.24, 2.45) is 5.73 Å². The van der Waals surface area contributed by atoms with Crippen LogP contribution in [-0.4, -0.2) is 65.1 Å². The largest absolute Gasteiger partial charge is 0.363 e. The summed E-state index contributed by atoms with van der Waals surface area (Å²) in [6.07, 6.45) is 4.56. The number of thioether (sulfide) groups is 1. The quantitative estimate of drug-likeness (QED) is 0.473. The summed E-state index contributed by atoms with van der Waals surface area (Å²) in [4.78, 5) is 39.7. The maximum Gasteiger partial charge on any atom is 0.249 e. The van der Waals surface area contributed by atoms with E-state index in [2.05, 4.69) is 16.6 Å². The van der Waals surface area contributed by atoms with Crippen LogP contribution in [0.3, 0.4) is 0 Å². The fourth-order valence-electron chi connectivity index (χ4n) is 3.01. The van der Waals surface area contributed by atoms with Gasteiger partial charge in [0.1, 0.15) is 18.7 Å². The number of rotatable bonds is 9. The standard InChI is InChI=1S/C22H30N4O4S/c1-5-10-30-16(4)19(25-20(27)15(3)23)22(29)26-13-31-12-18(26)21(28)24-11-17-8-6-14(2)7-9-17/h1,6-9,15-16,18-19H,10-13,23H2,2-4H3,(H,24,28)(H,25,27)/t15-,16?,18-,19-/m0/s1. The summed E-state index contributed by atoms with van der Waals surface area (Å²) in [5.74, 6) is 2.03. The lowest BCUT2D eigenvalue weighted by molar-refractivity contribution is -0.144. The minimum atomic E-state index is -1.00. The van der Waals surface area contributed by atoms with Crippen molar-refractivity contribution < 1.29 is 19.1 Å². The zero-order chi connectivity index (χ0) is 23.0. The van der Waals surface area contributed by atoms with Crippen LogP contribution >= 0.6 is 11.8 Å². The van der Waals surface area contributed by atoms with Crippen molar-refractivity contribution in [3.8, 4) is 12.3 Å². The zero-order valence-corrected chi connectivity index (χ0v) is 18.9. The molecule has 1 aromatic rings. The second-order valence-corrected chi connectivity index (χ2v) is 8.52. The lowest BCUT2D eigenvalue weighted by atomic mass is 10.1. The third-order valence-corrected chi connectivity index (χ3v) is 5.94. The Balaban J connectivity index is 2.08. The van der Waals surface area contributed by atoms with E-state index in [1.165, 1.54) is 23.6 Å². The van der Waals surface area contributed by atoms with Gasteiger partial charge in [0.25, 0.3) is 0 Å². The number of benzene rings is 1. The van der Waals surface area contributed by atoms with Crippen LogP contribution in [0.25, 0.3) is 0 Å². The monoisotopic (exact) mass is 446 g/mol. The Kier molecular flexibility index (Phi) is 9.37. The fraction of sp³-hybridized carbons (Fsp3) is 0.500. The highest BCUT2D eigenvalue weighted by molar-refractivity contribution is 7.99. The van der Waals surface area contributed by atoms with Gasteiger partial charge in [-0.1, -0.05) is 35.7 Å². The third-order valence-electron chi connectivity index (χ3n) is 4.93. The number of nitrogens with two attached hydrogens (primary N) is 1. The average molecular weight is 447 g/mol. The molecule has 3 amide bonds. The highest BCUT2D eigenvalue weighted by Gasteiger charge is 2.40. The summed E-state index contributed by atoms with van der Waals surface area (Å²) in [5.41, 5.74) is 7.75. The first-order chi connectivity index (χ1) is 14.7. The van der Waals surface area contributed by atoms with Crippen molar-refractivity contribution in [3.05, 3.63) is 35.4 Å². The molecule has 2 rings (SSSR count). The number of carbonyl (C=O) groups is 3. The predicted octanol–water partition coefficient (Wildman–Crippen LogP) is 0.383. The van der Waals surface area contributed by atoms with Gasteiger partial charge in [-0.05, 0) is 26.3 Å². The molecule has 1 unspecified atom stereocenters. The van der Waals surface area contributed by atoms with Crippen LogP contribution in [0.2, 0.25) is 0 Å². The van der Waals surface area contributed by atoms with Gasteiger partial charge in [0.05, 0.1) is 18.0 Å². The van der Waals surface area contributed by atoms with E-state index in [0.29, 0.717) is 18.2 Å². The number of hydrogen-bond acceptors (Lipinski definition) is 6. The molecule has 1 fully saturated rings. The van der Waals surface area contributed by atoms with Crippen LogP contribution in [0.1, 0.15) is 25.0 Å². The number of nitrogens with zero attached hydrogens (tertiary/aromatic N) is 1. The molecule has 1 saturated heterocycles. The molecule has 8 nitrogen and oxygen atoms in total. The minimum Gasteiger partial charge on any atom is -0.363 e. The molecule has 168 valence electrons. The first-order valence-corrected chi connectivity index (χ1v) is 11.2. The highest BCUT2D eigenvalue weighted by Crippen LogP contribution is 2.23. The van der Waals surface area contributed by atoms with Crippen LogP contribution in [0, 0.1) is 19.3 Å². The number of hydrogen-bond donors (Lipinski definition) is 3. The molecule has 0 radical (unpaired) electrons. The summed E-state index contributed by atoms with van der Waals surface area (Å²) >= 11 is 1.48. The van der Waals surface area contributed by atoms with Gasteiger partial charge in [-0.2, -0.15) is 0 Å². The maximum atomic E-state index is 13.3. The van der Waals surface area contributed by atoms with Crippen molar-refractivity contribution in [2.45, 2.75) is 51.5 Å². The topological polar surface area (TPSA) is 114 Å². The lowest BCUT2D eigenvalue weighted by Gasteiger charge is -2.31. The summed E-state index contributed by atoms with van der Waals surface area (Å²) in [7, 11) is 0. The van der Waals surface area contributed by atoms with Crippen LogP contribution < -0.4 is 16.4 Å². The van der Waals surface area contributed by atoms with E-state index in [1.807, 2.05) is 31.2 Å². The van der Waals surface area contributed by atoms with Gasteiger partial charge in [0, 0.05) is 12.3 Å². The Bertz CT molecular complexity index is 822. The van der Waals surface area contributed by atoms with Gasteiger partial charge in [-0.25, -0.2) is 0 Å². The fourth-order valence-corrected chi connectivity index (χ4v) is 4.17. The second kappa shape index (κ2) is 11.7. The number of terminal acetylenes is 1. The summed E-state index contributed by atoms with van der Waals surface area (Å²) in [5, 5.41) is 5.53.